The van der Waals surface area contributed by atoms with Crippen molar-refractivity contribution in [3.05, 3.63) is 41.0 Å². The van der Waals surface area contributed by atoms with Crippen LogP contribution in [-0.2, 0) is 0 Å². The van der Waals surface area contributed by atoms with Crippen molar-refractivity contribution in [3.8, 4) is 0 Å². The molecule has 0 atom stereocenters. The van der Waals surface area contributed by atoms with Crippen molar-refractivity contribution >= 4 is 28.8 Å². The molecule has 112 valence electrons. The molecule has 0 aliphatic rings. The Morgan fingerprint density at radius 2 is 2.24 bits per heavy atom. The van der Waals surface area contributed by atoms with Gasteiger partial charge in [0, 0.05) is 12.2 Å². The maximum Gasteiger partial charge on any atom is 0.200 e. The summed E-state index contributed by atoms with van der Waals surface area (Å²) in [6.07, 6.45) is 0.734. The topological polar surface area (TPSA) is 83.2 Å². The van der Waals surface area contributed by atoms with Crippen molar-refractivity contribution in [2.45, 2.75) is 0 Å². The number of benzene rings is 1. The molecule has 0 unspecified atom stereocenters. The molecule has 0 amide bonds. The van der Waals surface area contributed by atoms with Gasteiger partial charge in [-0.05, 0) is 28.5 Å². The largest absolute Gasteiger partial charge is 0.513 e. The number of halogens is 3. The van der Waals surface area contributed by atoms with E-state index < -0.39 is 12.5 Å². The third-order valence-corrected chi connectivity index (χ3v) is 2.75. The molecule has 0 radical (unpaired) electrons. The lowest BCUT2D eigenvalue weighted by Crippen LogP contribution is -2.08. The lowest BCUT2D eigenvalue weighted by atomic mass is 10.2. The zero-order valence-corrected chi connectivity index (χ0v) is 11.4. The number of aliphatic hydroxyl groups excluding tert-OH is 1. The average molecular weight is 317 g/mol. The van der Waals surface area contributed by atoms with Gasteiger partial charge in [0.05, 0.1) is 5.02 Å². The SMILES string of the molecule is O/C=C(\Nc1ccc(F)c(Cl)c1)c1nonc1NCCF. The van der Waals surface area contributed by atoms with Gasteiger partial charge in [-0.15, -0.1) is 0 Å². The lowest BCUT2D eigenvalue weighted by molar-refractivity contribution is 0.307. The first-order valence-electron chi connectivity index (χ1n) is 5.85. The molecule has 0 bridgehead atoms. The minimum Gasteiger partial charge on any atom is -0.513 e. The Hall–Kier alpha value is -2.35. The Bertz CT molecular complexity index is 648. The monoisotopic (exact) mass is 316 g/mol. The number of alkyl halides is 1. The summed E-state index contributed by atoms with van der Waals surface area (Å²) >= 11 is 5.67. The number of rotatable bonds is 6. The second-order valence-electron chi connectivity index (χ2n) is 3.87. The Kier molecular flexibility index (Phi) is 4.94. The van der Waals surface area contributed by atoms with Crippen LogP contribution in [0, 0.1) is 5.82 Å². The van der Waals surface area contributed by atoms with Crippen molar-refractivity contribution < 1.29 is 18.5 Å². The first kappa shape index (κ1) is 15.0. The number of hydrogen-bond donors (Lipinski definition) is 3. The van der Waals surface area contributed by atoms with E-state index in [1.807, 2.05) is 0 Å². The fraction of sp³-hybridized carbons (Fsp3) is 0.167. The molecule has 1 heterocycles. The molecule has 3 N–H and O–H groups in total. The third kappa shape index (κ3) is 3.60. The first-order chi connectivity index (χ1) is 10.2. The van der Waals surface area contributed by atoms with Gasteiger partial charge in [-0.2, -0.15) is 0 Å². The van der Waals surface area contributed by atoms with E-state index in [1.54, 1.807) is 0 Å². The molecular weight excluding hydrogens is 306 g/mol. The number of aromatic nitrogens is 2. The van der Waals surface area contributed by atoms with Crippen LogP contribution in [0.1, 0.15) is 5.69 Å². The van der Waals surface area contributed by atoms with E-state index in [2.05, 4.69) is 25.6 Å². The van der Waals surface area contributed by atoms with Crippen molar-refractivity contribution in [3.63, 3.8) is 0 Å². The highest BCUT2D eigenvalue weighted by Crippen LogP contribution is 2.25. The van der Waals surface area contributed by atoms with Crippen LogP contribution in [-0.4, -0.2) is 28.6 Å². The highest BCUT2D eigenvalue weighted by atomic mass is 35.5. The van der Waals surface area contributed by atoms with Crippen LogP contribution in [0.15, 0.2) is 29.1 Å². The molecule has 1 aromatic heterocycles. The summed E-state index contributed by atoms with van der Waals surface area (Å²) in [6, 6.07) is 3.93. The van der Waals surface area contributed by atoms with E-state index in [-0.39, 0.29) is 28.8 Å². The van der Waals surface area contributed by atoms with Crippen molar-refractivity contribution in [1.82, 2.24) is 10.3 Å². The fourth-order valence-electron chi connectivity index (χ4n) is 1.53. The summed E-state index contributed by atoms with van der Waals surface area (Å²) in [6.45, 7) is -0.590. The quantitative estimate of drug-likeness (QED) is 0.710. The molecule has 0 aliphatic heterocycles. The maximum atomic E-state index is 13.1. The molecular formula is C12H11ClF2N4O2. The van der Waals surface area contributed by atoms with Gasteiger partial charge in [-0.25, -0.2) is 13.4 Å². The van der Waals surface area contributed by atoms with Crippen LogP contribution in [0.3, 0.4) is 0 Å². The molecule has 0 saturated carbocycles. The normalized spacial score (nSPS) is 11.5. The van der Waals surface area contributed by atoms with E-state index in [0.29, 0.717) is 5.69 Å². The minimum absolute atomic E-state index is 0.0162. The number of nitrogens with one attached hydrogen (secondary N) is 2. The zero-order chi connectivity index (χ0) is 15.2. The van der Waals surface area contributed by atoms with E-state index in [1.165, 1.54) is 18.2 Å². The van der Waals surface area contributed by atoms with Crippen molar-refractivity contribution in [2.75, 3.05) is 23.9 Å². The molecule has 0 saturated heterocycles. The Balaban J connectivity index is 2.20. The van der Waals surface area contributed by atoms with Crippen LogP contribution in [0.5, 0.6) is 0 Å². The standard InChI is InChI=1S/C12H11ClF2N4O2/c13-8-5-7(1-2-9(8)15)17-10(6-20)11-12(16-4-3-14)19-21-18-11/h1-2,5-6,17,20H,3-4H2,(H,16,19)/b10-6-. The number of aliphatic hydroxyl groups is 1. The fourth-order valence-corrected chi connectivity index (χ4v) is 1.71. The van der Waals surface area contributed by atoms with E-state index in [0.717, 1.165) is 6.26 Å². The van der Waals surface area contributed by atoms with Crippen LogP contribution in [0.25, 0.3) is 5.70 Å². The van der Waals surface area contributed by atoms with Gasteiger partial charge in [0.1, 0.15) is 24.5 Å². The van der Waals surface area contributed by atoms with E-state index >= 15 is 0 Å². The second kappa shape index (κ2) is 6.89. The lowest BCUT2D eigenvalue weighted by Gasteiger charge is -2.09. The molecule has 0 fully saturated rings. The number of anilines is 2. The summed E-state index contributed by atoms with van der Waals surface area (Å²) in [7, 11) is 0. The molecule has 0 aliphatic carbocycles. The Morgan fingerprint density at radius 1 is 1.43 bits per heavy atom. The Labute approximate surface area is 123 Å². The van der Waals surface area contributed by atoms with Crippen LogP contribution >= 0.6 is 11.6 Å². The van der Waals surface area contributed by atoms with Gasteiger partial charge in [0.15, 0.2) is 5.69 Å². The molecule has 9 heteroatoms. The zero-order valence-electron chi connectivity index (χ0n) is 10.6. The van der Waals surface area contributed by atoms with Gasteiger partial charge in [0.2, 0.25) is 5.82 Å². The van der Waals surface area contributed by atoms with Crippen LogP contribution in [0.2, 0.25) is 5.02 Å². The van der Waals surface area contributed by atoms with Crippen LogP contribution in [0.4, 0.5) is 20.3 Å². The van der Waals surface area contributed by atoms with Crippen molar-refractivity contribution in [1.29, 1.82) is 0 Å². The third-order valence-electron chi connectivity index (χ3n) is 2.46. The predicted octanol–water partition coefficient (Wildman–Crippen LogP) is 3.21. The number of hydrogen-bond acceptors (Lipinski definition) is 6. The molecule has 6 nitrogen and oxygen atoms in total. The van der Waals surface area contributed by atoms with E-state index in [4.69, 9.17) is 11.6 Å². The second-order valence-corrected chi connectivity index (χ2v) is 4.28. The average Bonchev–Trinajstić information content (AvgIpc) is 2.94. The number of nitrogens with zero attached hydrogens (tertiary/aromatic N) is 2. The summed E-state index contributed by atoms with van der Waals surface area (Å²) in [4.78, 5) is 0. The van der Waals surface area contributed by atoms with Gasteiger partial charge >= 0.3 is 0 Å². The summed E-state index contributed by atoms with van der Waals surface area (Å²) < 4.78 is 29.8. The minimum atomic E-state index is -0.606. The maximum absolute atomic E-state index is 13.1. The highest BCUT2D eigenvalue weighted by Gasteiger charge is 2.15. The van der Waals surface area contributed by atoms with Gasteiger partial charge in [-0.3, -0.25) is 0 Å². The van der Waals surface area contributed by atoms with Gasteiger partial charge < -0.3 is 15.7 Å². The molecule has 2 rings (SSSR count). The molecule has 0 spiro atoms. The predicted molar refractivity (Wildman–Crippen MR) is 74.4 cm³/mol. The molecule has 21 heavy (non-hydrogen) atoms. The summed E-state index contributed by atoms with van der Waals surface area (Å²) in [5.41, 5.74) is 0.688. The molecule has 1 aromatic carbocycles. The van der Waals surface area contributed by atoms with Gasteiger partial charge in [0.25, 0.3) is 0 Å². The molecule has 2 aromatic rings. The van der Waals surface area contributed by atoms with Crippen molar-refractivity contribution in [2.24, 2.45) is 0 Å². The first-order valence-corrected chi connectivity index (χ1v) is 6.22. The van der Waals surface area contributed by atoms with Crippen LogP contribution < -0.4 is 10.6 Å². The smallest absolute Gasteiger partial charge is 0.200 e. The Morgan fingerprint density at radius 3 is 2.90 bits per heavy atom. The summed E-state index contributed by atoms with van der Waals surface area (Å²) in [5, 5.41) is 21.8. The van der Waals surface area contributed by atoms with Gasteiger partial charge in [-0.1, -0.05) is 11.6 Å². The highest BCUT2D eigenvalue weighted by molar-refractivity contribution is 6.31. The van der Waals surface area contributed by atoms with E-state index in [9.17, 15) is 13.9 Å². The summed E-state index contributed by atoms with van der Waals surface area (Å²) in [5.74, 6) is -0.404.